The van der Waals surface area contributed by atoms with E-state index in [4.69, 9.17) is 0 Å². The Morgan fingerprint density at radius 3 is 2.40 bits per heavy atom. The van der Waals surface area contributed by atoms with Crippen molar-refractivity contribution in [1.29, 1.82) is 0 Å². The van der Waals surface area contributed by atoms with Gasteiger partial charge in [-0.25, -0.2) is 13.1 Å². The molecule has 1 aromatic heterocycles. The van der Waals surface area contributed by atoms with Crippen molar-refractivity contribution in [2.75, 3.05) is 18.0 Å². The van der Waals surface area contributed by atoms with E-state index in [1.54, 1.807) is 17.8 Å². The Labute approximate surface area is 175 Å². The Morgan fingerprint density at radius 1 is 1.20 bits per heavy atom. The molecule has 2 N–H and O–H groups in total. The zero-order valence-corrected chi connectivity index (χ0v) is 18.0. The Balaban J connectivity index is 1.94. The fourth-order valence-electron chi connectivity index (χ4n) is 3.58. The molecule has 3 aromatic rings. The summed E-state index contributed by atoms with van der Waals surface area (Å²) >= 11 is 0. The van der Waals surface area contributed by atoms with E-state index in [-0.39, 0.29) is 11.8 Å². The third-order valence-electron chi connectivity index (χ3n) is 5.20. The first-order valence-corrected chi connectivity index (χ1v) is 11.6. The number of nitrogens with zero attached hydrogens (tertiary/aromatic N) is 2. The summed E-state index contributed by atoms with van der Waals surface area (Å²) in [6, 6.07) is 11.3. The number of benzene rings is 2. The SMILES string of the molecule is C=C(C)c1ccc(-n2nc3cc(NS(C)(=O)=O)c(C4CC4)cc3c2C(=O)NC)cc1. The zero-order chi connectivity index (χ0) is 21.6. The normalized spacial score (nSPS) is 14.0. The fraction of sp³-hybridized carbons (Fsp3) is 0.273. The van der Waals surface area contributed by atoms with Gasteiger partial charge in [0.1, 0.15) is 5.69 Å². The maximum atomic E-state index is 12.8. The highest BCUT2D eigenvalue weighted by atomic mass is 32.2. The maximum Gasteiger partial charge on any atom is 0.270 e. The number of carbonyl (C=O) groups is 1. The Bertz CT molecular complexity index is 1270. The van der Waals surface area contributed by atoms with E-state index in [1.807, 2.05) is 37.3 Å². The number of hydrogen-bond donors (Lipinski definition) is 2. The van der Waals surface area contributed by atoms with E-state index in [9.17, 15) is 13.2 Å². The van der Waals surface area contributed by atoms with Crippen LogP contribution in [-0.2, 0) is 10.0 Å². The molecule has 0 unspecified atom stereocenters. The van der Waals surface area contributed by atoms with Gasteiger partial charge < -0.3 is 5.32 Å². The summed E-state index contributed by atoms with van der Waals surface area (Å²) in [6.45, 7) is 5.88. The van der Waals surface area contributed by atoms with E-state index >= 15 is 0 Å². The minimum Gasteiger partial charge on any atom is -0.354 e. The van der Waals surface area contributed by atoms with Gasteiger partial charge in [0, 0.05) is 12.4 Å². The summed E-state index contributed by atoms with van der Waals surface area (Å²) in [5, 5.41) is 8.02. The molecule has 0 bridgehead atoms. The fourth-order valence-corrected chi connectivity index (χ4v) is 4.16. The molecule has 0 spiro atoms. The quantitative estimate of drug-likeness (QED) is 0.631. The number of carbonyl (C=O) groups excluding carboxylic acids is 1. The number of aromatic nitrogens is 2. The summed E-state index contributed by atoms with van der Waals surface area (Å²) in [5.41, 5.74) is 5.09. The van der Waals surface area contributed by atoms with Crippen molar-refractivity contribution in [3.63, 3.8) is 0 Å². The minimum absolute atomic E-state index is 0.257. The van der Waals surface area contributed by atoms with E-state index in [0.29, 0.717) is 22.3 Å². The van der Waals surface area contributed by atoms with E-state index in [2.05, 4.69) is 21.7 Å². The number of allylic oxidation sites excluding steroid dienone is 1. The second-order valence-electron chi connectivity index (χ2n) is 7.77. The lowest BCUT2D eigenvalue weighted by Crippen LogP contribution is -2.21. The first-order valence-electron chi connectivity index (χ1n) is 9.71. The monoisotopic (exact) mass is 424 g/mol. The number of amides is 1. The second-order valence-corrected chi connectivity index (χ2v) is 9.52. The number of anilines is 1. The van der Waals surface area contributed by atoms with Gasteiger partial charge in [-0.2, -0.15) is 5.10 Å². The van der Waals surface area contributed by atoms with Crippen molar-refractivity contribution < 1.29 is 13.2 Å². The second kappa shape index (κ2) is 7.28. The van der Waals surface area contributed by atoms with Crippen LogP contribution in [0.4, 0.5) is 5.69 Å². The smallest absolute Gasteiger partial charge is 0.270 e. The molecule has 0 aliphatic heterocycles. The summed E-state index contributed by atoms with van der Waals surface area (Å²) in [4.78, 5) is 12.8. The van der Waals surface area contributed by atoms with Crippen LogP contribution in [0, 0.1) is 0 Å². The first-order chi connectivity index (χ1) is 14.2. The Morgan fingerprint density at radius 2 is 1.87 bits per heavy atom. The topological polar surface area (TPSA) is 93.1 Å². The predicted octanol–water partition coefficient (Wildman–Crippen LogP) is 3.67. The van der Waals surface area contributed by atoms with E-state index in [1.165, 1.54) is 0 Å². The molecule has 1 aliphatic rings. The van der Waals surface area contributed by atoms with Gasteiger partial charge in [-0.05, 0) is 61.1 Å². The highest BCUT2D eigenvalue weighted by Gasteiger charge is 2.29. The van der Waals surface area contributed by atoms with Gasteiger partial charge >= 0.3 is 0 Å². The molecule has 1 saturated carbocycles. The third kappa shape index (κ3) is 3.82. The Hall–Kier alpha value is -3.13. The van der Waals surface area contributed by atoms with Gasteiger partial charge in [0.25, 0.3) is 5.91 Å². The molecule has 0 radical (unpaired) electrons. The van der Waals surface area contributed by atoms with Crippen molar-refractivity contribution in [3.05, 3.63) is 59.8 Å². The van der Waals surface area contributed by atoms with Gasteiger partial charge in [-0.1, -0.05) is 24.3 Å². The molecule has 7 nitrogen and oxygen atoms in total. The molecule has 30 heavy (non-hydrogen) atoms. The van der Waals surface area contributed by atoms with Crippen molar-refractivity contribution in [2.45, 2.75) is 25.7 Å². The molecule has 1 heterocycles. The average Bonchev–Trinajstić information content (AvgIpc) is 3.46. The van der Waals surface area contributed by atoms with Crippen molar-refractivity contribution in [1.82, 2.24) is 15.1 Å². The van der Waals surface area contributed by atoms with E-state index < -0.39 is 10.0 Å². The number of fused-ring (bicyclic) bond motifs is 1. The van der Waals surface area contributed by atoms with Crippen LogP contribution in [0.3, 0.4) is 0 Å². The molecule has 1 amide bonds. The van der Waals surface area contributed by atoms with Crippen LogP contribution in [0.2, 0.25) is 0 Å². The van der Waals surface area contributed by atoms with Crippen molar-refractivity contribution in [3.8, 4) is 5.69 Å². The highest BCUT2D eigenvalue weighted by molar-refractivity contribution is 7.92. The molecule has 1 fully saturated rings. The molecule has 4 rings (SSSR count). The number of sulfonamides is 1. The Kier molecular flexibility index (Phi) is 4.89. The minimum atomic E-state index is -3.44. The molecule has 156 valence electrons. The highest BCUT2D eigenvalue weighted by Crippen LogP contribution is 2.45. The first kappa shape index (κ1) is 20.2. The van der Waals surface area contributed by atoms with Gasteiger partial charge in [0.2, 0.25) is 10.0 Å². The molecule has 0 atom stereocenters. The van der Waals surface area contributed by atoms with Crippen LogP contribution in [0.1, 0.15) is 47.3 Å². The van der Waals surface area contributed by atoms with Crippen LogP contribution in [-0.4, -0.2) is 37.4 Å². The van der Waals surface area contributed by atoms with Crippen LogP contribution in [0.5, 0.6) is 0 Å². The van der Waals surface area contributed by atoms with Crippen molar-refractivity contribution in [2.24, 2.45) is 0 Å². The van der Waals surface area contributed by atoms with Crippen molar-refractivity contribution >= 4 is 38.1 Å². The number of nitrogens with one attached hydrogen (secondary N) is 2. The third-order valence-corrected chi connectivity index (χ3v) is 5.79. The predicted molar refractivity (Wildman–Crippen MR) is 120 cm³/mol. The number of rotatable bonds is 6. The van der Waals surface area contributed by atoms with Gasteiger partial charge in [-0.3, -0.25) is 9.52 Å². The summed E-state index contributed by atoms with van der Waals surface area (Å²) in [5.74, 6) is 0.0291. The maximum absolute atomic E-state index is 12.8. The molecule has 1 aliphatic carbocycles. The lowest BCUT2D eigenvalue weighted by Gasteiger charge is -2.11. The van der Waals surface area contributed by atoms with Crippen LogP contribution >= 0.6 is 0 Å². The molecule has 2 aromatic carbocycles. The molecular formula is C22H24N4O3S. The van der Waals surface area contributed by atoms with Gasteiger partial charge in [-0.15, -0.1) is 0 Å². The van der Waals surface area contributed by atoms with Gasteiger partial charge in [0.05, 0.1) is 23.1 Å². The molecule has 0 saturated heterocycles. The molecular weight excluding hydrogens is 400 g/mol. The van der Waals surface area contributed by atoms with Gasteiger partial charge in [0.15, 0.2) is 0 Å². The van der Waals surface area contributed by atoms with Crippen LogP contribution < -0.4 is 10.0 Å². The largest absolute Gasteiger partial charge is 0.354 e. The summed E-state index contributed by atoms with van der Waals surface area (Å²) in [6.07, 6.45) is 3.12. The lowest BCUT2D eigenvalue weighted by molar-refractivity contribution is 0.0957. The van der Waals surface area contributed by atoms with Crippen LogP contribution in [0.25, 0.3) is 22.2 Å². The zero-order valence-electron chi connectivity index (χ0n) is 17.2. The molecule has 8 heteroatoms. The summed E-state index contributed by atoms with van der Waals surface area (Å²) in [7, 11) is -1.86. The lowest BCUT2D eigenvalue weighted by atomic mass is 10.0. The number of hydrogen-bond acceptors (Lipinski definition) is 4. The standard InChI is InChI=1S/C22H24N4O3S/c1-13(2)14-7-9-16(10-8-14)26-21(22(27)23-3)18-11-17(15-5-6-15)20(12-19(18)24-26)25-30(4,28)29/h7-12,15,25H,1,5-6H2,2-4H3,(H,23,27). The van der Waals surface area contributed by atoms with E-state index in [0.717, 1.165) is 41.5 Å². The van der Waals surface area contributed by atoms with Crippen LogP contribution in [0.15, 0.2) is 43.0 Å². The summed E-state index contributed by atoms with van der Waals surface area (Å²) < 4.78 is 27.9. The average molecular weight is 425 g/mol.